The molecule has 6 nitrogen and oxygen atoms in total. The summed E-state index contributed by atoms with van der Waals surface area (Å²) in [6.45, 7) is 9.59. The second kappa shape index (κ2) is 11.9. The fourth-order valence-corrected chi connectivity index (χ4v) is 3.80. The number of aromatic nitrogens is 1. The van der Waals surface area contributed by atoms with Crippen LogP contribution in [0.25, 0.3) is 0 Å². The van der Waals surface area contributed by atoms with Gasteiger partial charge < -0.3 is 15.2 Å². The van der Waals surface area contributed by atoms with Crippen LogP contribution in [0.1, 0.15) is 41.5 Å². The second-order valence-corrected chi connectivity index (χ2v) is 7.87. The lowest BCUT2D eigenvalue weighted by atomic mass is 10.1. The summed E-state index contributed by atoms with van der Waals surface area (Å²) in [6, 6.07) is 5.66. The van der Waals surface area contributed by atoms with Gasteiger partial charge >= 0.3 is 6.18 Å². The van der Waals surface area contributed by atoms with E-state index in [-0.39, 0.29) is 30.0 Å². The van der Waals surface area contributed by atoms with Crippen molar-refractivity contribution in [2.45, 2.75) is 52.4 Å². The predicted octanol–water partition coefficient (Wildman–Crippen LogP) is 4.30. The van der Waals surface area contributed by atoms with Crippen LogP contribution in [0, 0.1) is 13.8 Å². The lowest BCUT2D eigenvalue weighted by Gasteiger charge is -2.19. The molecule has 0 spiro atoms. The van der Waals surface area contributed by atoms with Gasteiger partial charge in [0.05, 0.1) is 11.3 Å². The lowest BCUT2D eigenvalue weighted by Crippen LogP contribution is -2.44. The summed E-state index contributed by atoms with van der Waals surface area (Å²) in [4.78, 5) is 6.92. The van der Waals surface area contributed by atoms with Crippen molar-refractivity contribution in [2.75, 3.05) is 26.2 Å². The van der Waals surface area contributed by atoms with Crippen molar-refractivity contribution in [2.24, 2.45) is 4.99 Å². The highest BCUT2D eigenvalue weighted by Gasteiger charge is 2.30. The van der Waals surface area contributed by atoms with Gasteiger partial charge in [0.1, 0.15) is 5.76 Å². The normalized spacial score (nSPS) is 17.3. The molecule has 1 fully saturated rings. The number of guanidine groups is 1. The maximum absolute atomic E-state index is 12.7. The van der Waals surface area contributed by atoms with E-state index in [2.05, 4.69) is 25.7 Å². The minimum Gasteiger partial charge on any atom is -0.361 e. The first-order valence-electron chi connectivity index (χ1n) is 10.6. The van der Waals surface area contributed by atoms with Crippen molar-refractivity contribution in [1.82, 2.24) is 20.7 Å². The van der Waals surface area contributed by atoms with Crippen LogP contribution in [0.4, 0.5) is 13.2 Å². The highest BCUT2D eigenvalue weighted by Crippen LogP contribution is 2.29. The van der Waals surface area contributed by atoms with Gasteiger partial charge in [0, 0.05) is 44.3 Å². The Hall–Kier alpha value is -1.82. The molecule has 0 aliphatic carbocycles. The van der Waals surface area contributed by atoms with Gasteiger partial charge in [0.25, 0.3) is 0 Å². The number of likely N-dealkylation sites (tertiary alicyclic amines) is 1. The first kappa shape index (κ1) is 26.4. The zero-order chi connectivity index (χ0) is 22.4. The Morgan fingerprint density at radius 3 is 2.56 bits per heavy atom. The number of benzene rings is 1. The molecule has 0 amide bonds. The third kappa shape index (κ3) is 7.36. The van der Waals surface area contributed by atoms with Crippen molar-refractivity contribution >= 4 is 29.9 Å². The Kier molecular flexibility index (Phi) is 9.81. The van der Waals surface area contributed by atoms with E-state index in [1.807, 2.05) is 20.8 Å². The first-order valence-corrected chi connectivity index (χ1v) is 10.6. The topological polar surface area (TPSA) is 65.7 Å². The van der Waals surface area contributed by atoms with Crippen LogP contribution >= 0.6 is 24.0 Å². The van der Waals surface area contributed by atoms with Gasteiger partial charge in [-0.15, -0.1) is 24.0 Å². The maximum Gasteiger partial charge on any atom is 0.416 e. The van der Waals surface area contributed by atoms with Gasteiger partial charge in [0.15, 0.2) is 5.96 Å². The highest BCUT2D eigenvalue weighted by atomic mass is 127. The number of nitrogens with one attached hydrogen (secondary N) is 2. The molecule has 2 aromatic rings. The molecule has 32 heavy (non-hydrogen) atoms. The minimum atomic E-state index is -4.30. The quantitative estimate of drug-likeness (QED) is 0.298. The molecular weight excluding hydrogens is 534 g/mol. The summed E-state index contributed by atoms with van der Waals surface area (Å²) in [5.74, 6) is 1.61. The summed E-state index contributed by atoms with van der Waals surface area (Å²) in [5.41, 5.74) is 2.28. The maximum atomic E-state index is 12.7. The van der Waals surface area contributed by atoms with Crippen molar-refractivity contribution in [3.05, 3.63) is 52.4 Å². The van der Waals surface area contributed by atoms with Crippen LogP contribution in [-0.4, -0.2) is 48.2 Å². The van der Waals surface area contributed by atoms with Crippen LogP contribution in [0.5, 0.6) is 0 Å². The lowest BCUT2D eigenvalue weighted by molar-refractivity contribution is -0.137. The number of hydrogen-bond acceptors (Lipinski definition) is 4. The fraction of sp³-hybridized carbons (Fsp3) is 0.545. The minimum absolute atomic E-state index is 0. The molecule has 178 valence electrons. The van der Waals surface area contributed by atoms with E-state index in [0.717, 1.165) is 73.1 Å². The molecule has 1 aliphatic heterocycles. The molecule has 0 bridgehead atoms. The number of hydrogen-bond donors (Lipinski definition) is 2. The summed E-state index contributed by atoms with van der Waals surface area (Å²) in [6.07, 6.45) is -2.58. The second-order valence-electron chi connectivity index (χ2n) is 7.87. The highest BCUT2D eigenvalue weighted by molar-refractivity contribution is 14.0. The molecule has 1 atom stereocenters. The Bertz CT molecular complexity index is 863. The molecule has 0 saturated carbocycles. The van der Waals surface area contributed by atoms with Gasteiger partial charge in [-0.1, -0.05) is 17.3 Å². The molecule has 1 aliphatic rings. The van der Waals surface area contributed by atoms with Crippen LogP contribution in [-0.2, 0) is 19.1 Å². The monoisotopic (exact) mass is 565 g/mol. The average Bonchev–Trinajstić information content (AvgIpc) is 3.28. The van der Waals surface area contributed by atoms with Crippen LogP contribution in [0.15, 0.2) is 33.8 Å². The van der Waals surface area contributed by atoms with E-state index in [0.29, 0.717) is 13.1 Å². The van der Waals surface area contributed by atoms with Gasteiger partial charge in [0.2, 0.25) is 0 Å². The van der Waals surface area contributed by atoms with Gasteiger partial charge in [-0.2, -0.15) is 13.2 Å². The number of aliphatic imine (C=N–C) groups is 1. The molecule has 1 unspecified atom stereocenters. The number of aryl methyl sites for hydroxylation is 2. The zero-order valence-corrected chi connectivity index (χ0v) is 21.0. The molecule has 0 radical (unpaired) electrons. The van der Waals surface area contributed by atoms with Gasteiger partial charge in [-0.3, -0.25) is 9.89 Å². The summed E-state index contributed by atoms with van der Waals surface area (Å²) in [7, 11) is 0. The number of nitrogens with zero attached hydrogens (tertiary/aromatic N) is 3. The van der Waals surface area contributed by atoms with Crippen molar-refractivity contribution in [3.8, 4) is 0 Å². The molecule has 2 heterocycles. The van der Waals surface area contributed by atoms with E-state index in [9.17, 15) is 13.2 Å². The molecule has 3 rings (SSSR count). The first-order chi connectivity index (χ1) is 14.8. The Morgan fingerprint density at radius 1 is 1.25 bits per heavy atom. The Labute approximate surface area is 204 Å². The van der Waals surface area contributed by atoms with Crippen molar-refractivity contribution in [3.63, 3.8) is 0 Å². The van der Waals surface area contributed by atoms with Crippen LogP contribution in [0.2, 0.25) is 0 Å². The zero-order valence-electron chi connectivity index (χ0n) is 18.6. The molecule has 10 heteroatoms. The largest absolute Gasteiger partial charge is 0.416 e. The summed E-state index contributed by atoms with van der Waals surface area (Å²) >= 11 is 0. The van der Waals surface area contributed by atoms with E-state index in [1.54, 1.807) is 12.1 Å². The van der Waals surface area contributed by atoms with Crippen LogP contribution < -0.4 is 10.6 Å². The molecule has 1 saturated heterocycles. The van der Waals surface area contributed by atoms with E-state index >= 15 is 0 Å². The number of halogens is 4. The Balaban J connectivity index is 0.00000363. The third-order valence-corrected chi connectivity index (χ3v) is 5.46. The van der Waals surface area contributed by atoms with Gasteiger partial charge in [-0.25, -0.2) is 0 Å². The standard InChI is InChI=1S/C22H30F3N5O.HI/c1-4-26-21(27-11-9-20-15(2)29-31-16(20)3)28-19-10-12-30(14-19)13-17-5-7-18(8-6-17)22(23,24)25;/h5-8,19H,4,9-14H2,1-3H3,(H2,26,27,28);1H. The van der Waals surface area contributed by atoms with E-state index in [4.69, 9.17) is 4.52 Å². The average molecular weight is 565 g/mol. The number of alkyl halides is 3. The number of rotatable bonds is 7. The summed E-state index contributed by atoms with van der Waals surface area (Å²) < 4.78 is 43.4. The molecule has 1 aromatic carbocycles. The predicted molar refractivity (Wildman–Crippen MR) is 129 cm³/mol. The molecule has 2 N–H and O–H groups in total. The summed E-state index contributed by atoms with van der Waals surface area (Å²) in [5, 5.41) is 10.7. The van der Waals surface area contributed by atoms with Crippen LogP contribution in [0.3, 0.4) is 0 Å². The molecule has 1 aromatic heterocycles. The third-order valence-electron chi connectivity index (χ3n) is 5.46. The van der Waals surface area contributed by atoms with E-state index < -0.39 is 11.7 Å². The van der Waals surface area contributed by atoms with Crippen molar-refractivity contribution in [1.29, 1.82) is 0 Å². The molecular formula is C22H31F3IN5O. The SMILES string of the molecule is CCNC(=NCCc1c(C)noc1C)NC1CCN(Cc2ccc(C(F)(F)F)cc2)C1.I. The Morgan fingerprint density at radius 2 is 1.97 bits per heavy atom. The van der Waals surface area contributed by atoms with Crippen molar-refractivity contribution < 1.29 is 17.7 Å². The fourth-order valence-electron chi connectivity index (χ4n) is 3.80. The van der Waals surface area contributed by atoms with Gasteiger partial charge in [-0.05, 0) is 51.3 Å². The smallest absolute Gasteiger partial charge is 0.361 e. The van der Waals surface area contributed by atoms with E-state index in [1.165, 1.54) is 0 Å².